The van der Waals surface area contributed by atoms with Crippen molar-refractivity contribution in [2.24, 2.45) is 0 Å². The van der Waals surface area contributed by atoms with Gasteiger partial charge in [0.2, 0.25) is 17.8 Å². The third kappa shape index (κ3) is 4.49. The van der Waals surface area contributed by atoms with Crippen LogP contribution >= 0.6 is 0 Å². The van der Waals surface area contributed by atoms with Gasteiger partial charge >= 0.3 is 6.18 Å². The van der Waals surface area contributed by atoms with Gasteiger partial charge in [-0.25, -0.2) is 9.20 Å². The Bertz CT molecular complexity index is 1670. The lowest BCUT2D eigenvalue weighted by atomic mass is 9.96. The monoisotopic (exact) mass is 521 g/mol. The van der Waals surface area contributed by atoms with Crippen molar-refractivity contribution in [2.75, 3.05) is 23.4 Å². The molecule has 0 aliphatic rings. The maximum Gasteiger partial charge on any atom is 0.416 e. The van der Waals surface area contributed by atoms with E-state index in [-0.39, 0.29) is 23.1 Å². The lowest BCUT2D eigenvalue weighted by Crippen LogP contribution is -2.07. The van der Waals surface area contributed by atoms with Crippen molar-refractivity contribution in [3.63, 3.8) is 0 Å². The highest BCUT2D eigenvalue weighted by Gasteiger charge is 2.31. The van der Waals surface area contributed by atoms with Gasteiger partial charge in [0.15, 0.2) is 11.5 Å². The van der Waals surface area contributed by atoms with Crippen LogP contribution in [0.2, 0.25) is 0 Å². The zero-order valence-electron chi connectivity index (χ0n) is 20.5. The number of carbonyl (C=O) groups is 1. The number of hydrogen-bond donors (Lipinski definition) is 3. The second-order valence-corrected chi connectivity index (χ2v) is 8.51. The fraction of sp³-hybridized carbons (Fsp3) is 0.160. The van der Waals surface area contributed by atoms with E-state index in [0.29, 0.717) is 28.2 Å². The quantitative estimate of drug-likeness (QED) is 0.309. The number of nitrogens with one attached hydrogen (secondary N) is 2. The molecule has 0 saturated carbocycles. The molecule has 0 aliphatic heterocycles. The molecule has 0 atom stereocenters. The first-order valence-corrected chi connectivity index (χ1v) is 11.4. The van der Waals surface area contributed by atoms with Gasteiger partial charge in [0, 0.05) is 37.0 Å². The van der Waals surface area contributed by atoms with Gasteiger partial charge in [-0.2, -0.15) is 23.1 Å². The summed E-state index contributed by atoms with van der Waals surface area (Å²) in [4.78, 5) is 20.4. The highest BCUT2D eigenvalue weighted by molar-refractivity contribution is 5.89. The molecular formula is C25H22F3N9O. The van der Waals surface area contributed by atoms with E-state index < -0.39 is 17.6 Å². The third-order valence-electron chi connectivity index (χ3n) is 5.92. The Morgan fingerprint density at radius 1 is 1.05 bits per heavy atom. The minimum Gasteiger partial charge on any atom is -0.388 e. The molecule has 0 fully saturated rings. The van der Waals surface area contributed by atoms with E-state index in [0.717, 1.165) is 17.8 Å². The van der Waals surface area contributed by atoms with E-state index in [2.05, 4.69) is 30.8 Å². The van der Waals surface area contributed by atoms with Gasteiger partial charge in [-0.1, -0.05) is 12.1 Å². The Morgan fingerprint density at radius 2 is 1.79 bits per heavy atom. The number of alkyl halides is 3. The second kappa shape index (κ2) is 9.18. The fourth-order valence-electron chi connectivity index (χ4n) is 4.19. The predicted molar refractivity (Wildman–Crippen MR) is 137 cm³/mol. The molecule has 3 aromatic heterocycles. The van der Waals surface area contributed by atoms with E-state index >= 15 is 0 Å². The van der Waals surface area contributed by atoms with E-state index in [1.165, 1.54) is 17.5 Å². The van der Waals surface area contributed by atoms with Crippen molar-refractivity contribution >= 4 is 29.1 Å². The van der Waals surface area contributed by atoms with Crippen LogP contribution in [0, 0.1) is 6.92 Å². The standard InChI is InChI=1S/C25H22F3N9O/c1-13-19(21-32-23(29)34-37(21)18-9-7-17(30-3)8-10-18)12-36-22(33-24(35-36)31-14(2)38)20(13)15-5-4-6-16(11-15)25(26,27)28/h4-12,30H,1-3H3,(H2,29,34)(H,31,35,38). The molecule has 0 unspecified atom stereocenters. The van der Waals surface area contributed by atoms with Gasteiger partial charge in [0.25, 0.3) is 0 Å². The number of halogens is 3. The van der Waals surface area contributed by atoms with Crippen LogP contribution in [0.15, 0.2) is 54.7 Å². The number of amides is 1. The molecule has 13 heteroatoms. The number of rotatable bonds is 5. The van der Waals surface area contributed by atoms with Gasteiger partial charge in [0.1, 0.15) is 0 Å². The van der Waals surface area contributed by atoms with Crippen LogP contribution < -0.4 is 16.4 Å². The zero-order valence-corrected chi connectivity index (χ0v) is 20.5. The summed E-state index contributed by atoms with van der Waals surface area (Å²) in [6, 6.07) is 12.3. The predicted octanol–water partition coefficient (Wildman–Crippen LogP) is 4.55. The summed E-state index contributed by atoms with van der Waals surface area (Å²) in [5.41, 5.74) is 8.72. The van der Waals surface area contributed by atoms with Crippen LogP contribution in [0.4, 0.5) is 30.8 Å². The highest BCUT2D eigenvalue weighted by Crippen LogP contribution is 2.38. The summed E-state index contributed by atoms with van der Waals surface area (Å²) >= 11 is 0. The first-order valence-electron chi connectivity index (χ1n) is 11.4. The number of pyridine rings is 1. The summed E-state index contributed by atoms with van der Waals surface area (Å²) in [5, 5.41) is 14.2. The summed E-state index contributed by atoms with van der Waals surface area (Å²) in [7, 11) is 1.80. The van der Waals surface area contributed by atoms with Crippen LogP contribution in [0.1, 0.15) is 18.1 Å². The van der Waals surface area contributed by atoms with Crippen molar-refractivity contribution in [3.8, 4) is 28.2 Å². The molecule has 10 nitrogen and oxygen atoms in total. The number of aromatic nitrogens is 6. The summed E-state index contributed by atoms with van der Waals surface area (Å²) < 4.78 is 43.6. The summed E-state index contributed by atoms with van der Waals surface area (Å²) in [5.74, 6) is -0.0267. The van der Waals surface area contributed by atoms with Crippen LogP contribution in [0.5, 0.6) is 0 Å². The molecule has 194 valence electrons. The SMILES string of the molecule is CNc1ccc(-n2nc(N)nc2-c2cn3nc(NC(C)=O)nc3c(-c3cccc(C(F)(F)F)c3)c2C)cc1. The first kappa shape index (κ1) is 24.7. The average molecular weight is 522 g/mol. The molecule has 0 spiro atoms. The molecule has 0 aliphatic carbocycles. The Hall–Kier alpha value is -4.94. The van der Waals surface area contributed by atoms with E-state index in [4.69, 9.17) is 5.73 Å². The Morgan fingerprint density at radius 3 is 2.45 bits per heavy atom. The lowest BCUT2D eigenvalue weighted by molar-refractivity contribution is -0.137. The van der Waals surface area contributed by atoms with Gasteiger partial charge in [0.05, 0.1) is 11.3 Å². The maximum absolute atomic E-state index is 13.6. The van der Waals surface area contributed by atoms with Crippen molar-refractivity contribution in [3.05, 3.63) is 65.9 Å². The fourth-order valence-corrected chi connectivity index (χ4v) is 4.19. The second-order valence-electron chi connectivity index (χ2n) is 8.51. The minimum atomic E-state index is -4.54. The van der Waals surface area contributed by atoms with Gasteiger partial charge in [-0.15, -0.1) is 10.2 Å². The van der Waals surface area contributed by atoms with Gasteiger partial charge < -0.3 is 11.1 Å². The molecule has 0 radical (unpaired) electrons. The number of hydrogen-bond acceptors (Lipinski definition) is 7. The molecule has 1 amide bonds. The normalized spacial score (nSPS) is 11.6. The van der Waals surface area contributed by atoms with Crippen LogP contribution in [0.3, 0.4) is 0 Å². The number of nitrogens with zero attached hydrogens (tertiary/aromatic N) is 6. The molecule has 0 saturated heterocycles. The lowest BCUT2D eigenvalue weighted by Gasteiger charge is -2.15. The Labute approximate surface area is 214 Å². The molecular weight excluding hydrogens is 499 g/mol. The molecule has 4 N–H and O–H groups in total. The van der Waals surface area contributed by atoms with Crippen LogP contribution in [-0.2, 0) is 11.0 Å². The largest absolute Gasteiger partial charge is 0.416 e. The van der Waals surface area contributed by atoms with Gasteiger partial charge in [-0.3, -0.25) is 10.1 Å². The van der Waals surface area contributed by atoms with Crippen LogP contribution in [0.25, 0.3) is 33.8 Å². The van der Waals surface area contributed by atoms with Crippen molar-refractivity contribution < 1.29 is 18.0 Å². The smallest absolute Gasteiger partial charge is 0.388 e. The molecule has 5 aromatic rings. The maximum atomic E-state index is 13.6. The van der Waals surface area contributed by atoms with E-state index in [1.807, 2.05) is 24.3 Å². The number of nitrogen functional groups attached to an aromatic ring is 1. The zero-order chi connectivity index (χ0) is 27.2. The number of anilines is 3. The number of carbonyl (C=O) groups excluding carboxylic acids is 1. The minimum absolute atomic E-state index is 0.00547. The summed E-state index contributed by atoms with van der Waals surface area (Å²) in [6.45, 7) is 3.05. The molecule has 3 heterocycles. The summed E-state index contributed by atoms with van der Waals surface area (Å²) in [6.07, 6.45) is -2.91. The van der Waals surface area contributed by atoms with Crippen molar-refractivity contribution in [1.82, 2.24) is 29.4 Å². The first-order chi connectivity index (χ1) is 18.0. The Balaban J connectivity index is 1.78. The van der Waals surface area contributed by atoms with Crippen molar-refractivity contribution in [1.29, 1.82) is 0 Å². The van der Waals surface area contributed by atoms with Crippen LogP contribution in [-0.4, -0.2) is 42.3 Å². The van der Waals surface area contributed by atoms with E-state index in [1.54, 1.807) is 30.9 Å². The van der Waals surface area contributed by atoms with E-state index in [9.17, 15) is 18.0 Å². The number of fused-ring (bicyclic) bond motifs is 1. The molecule has 2 aromatic carbocycles. The van der Waals surface area contributed by atoms with Gasteiger partial charge in [-0.05, 0) is 54.4 Å². The Kier molecular flexibility index (Phi) is 5.97. The topological polar surface area (TPSA) is 128 Å². The molecule has 38 heavy (non-hydrogen) atoms. The number of nitrogens with two attached hydrogens (primary N) is 1. The highest BCUT2D eigenvalue weighted by atomic mass is 19.4. The average Bonchev–Trinajstić information content (AvgIpc) is 3.45. The molecule has 0 bridgehead atoms. The molecule has 5 rings (SSSR count). The third-order valence-corrected chi connectivity index (χ3v) is 5.92. The number of benzene rings is 2. The van der Waals surface area contributed by atoms with Crippen molar-refractivity contribution in [2.45, 2.75) is 20.0 Å².